The zero-order chi connectivity index (χ0) is 24.4. The van der Waals surface area contributed by atoms with Crippen LogP contribution in [-0.2, 0) is 17.6 Å². The molecule has 0 atom stereocenters. The van der Waals surface area contributed by atoms with Gasteiger partial charge in [0.2, 0.25) is 5.91 Å². The Morgan fingerprint density at radius 1 is 1.09 bits per heavy atom. The van der Waals surface area contributed by atoms with E-state index in [1.165, 1.54) is 16.6 Å². The van der Waals surface area contributed by atoms with Gasteiger partial charge in [0.1, 0.15) is 16.3 Å². The zero-order valence-electron chi connectivity index (χ0n) is 19.5. The van der Waals surface area contributed by atoms with E-state index in [1.807, 2.05) is 36.4 Å². The summed E-state index contributed by atoms with van der Waals surface area (Å²) in [6, 6.07) is 14.5. The van der Waals surface area contributed by atoms with Gasteiger partial charge in [-0.25, -0.2) is 4.98 Å². The fraction of sp³-hybridized carbons (Fsp3) is 0.269. The molecule has 180 valence electrons. The summed E-state index contributed by atoms with van der Waals surface area (Å²) in [6.45, 7) is 0. The van der Waals surface area contributed by atoms with Crippen molar-refractivity contribution in [3.05, 3.63) is 69.3 Å². The maximum absolute atomic E-state index is 13.8. The predicted octanol–water partition coefficient (Wildman–Crippen LogP) is 5.07. The molecule has 2 heterocycles. The lowest BCUT2D eigenvalue weighted by atomic mass is 9.97. The van der Waals surface area contributed by atoms with Crippen LogP contribution in [0.5, 0.6) is 11.5 Å². The highest BCUT2D eigenvalue weighted by atomic mass is 32.2. The topological polar surface area (TPSA) is 82.4 Å². The standard InChI is InChI=1S/C26H25N3O4S2/c1-32-18-12-10-17(11-13-18)29-25(31)23-20-8-3-4-9-21(20)35-24(23)28-26(29)34-15-22(30)27-16-6-5-7-19(14-16)33-2/h5-7,10-14H,3-4,8-9,15H2,1-2H3,(H,27,30). The van der Waals surface area contributed by atoms with E-state index >= 15 is 0 Å². The fourth-order valence-electron chi connectivity index (χ4n) is 4.27. The van der Waals surface area contributed by atoms with Crippen LogP contribution in [0.15, 0.2) is 58.5 Å². The largest absolute Gasteiger partial charge is 0.497 e. The maximum atomic E-state index is 13.8. The van der Waals surface area contributed by atoms with Crippen LogP contribution in [-0.4, -0.2) is 35.4 Å². The first-order valence-electron chi connectivity index (χ1n) is 11.4. The molecule has 0 radical (unpaired) electrons. The molecule has 0 saturated heterocycles. The van der Waals surface area contributed by atoms with E-state index in [2.05, 4.69) is 5.32 Å². The molecule has 1 aliphatic carbocycles. The Hall–Kier alpha value is -3.30. The lowest BCUT2D eigenvalue weighted by molar-refractivity contribution is -0.113. The summed E-state index contributed by atoms with van der Waals surface area (Å²) in [4.78, 5) is 33.4. The summed E-state index contributed by atoms with van der Waals surface area (Å²) in [5, 5.41) is 4.09. The molecule has 2 aromatic heterocycles. The zero-order valence-corrected chi connectivity index (χ0v) is 21.1. The highest BCUT2D eigenvalue weighted by molar-refractivity contribution is 7.99. The van der Waals surface area contributed by atoms with Gasteiger partial charge in [-0.15, -0.1) is 11.3 Å². The third-order valence-electron chi connectivity index (χ3n) is 5.97. The van der Waals surface area contributed by atoms with Crippen LogP contribution >= 0.6 is 23.1 Å². The first-order valence-corrected chi connectivity index (χ1v) is 13.2. The van der Waals surface area contributed by atoms with E-state index in [0.717, 1.165) is 36.1 Å². The molecule has 1 aliphatic rings. The van der Waals surface area contributed by atoms with Crippen molar-refractivity contribution >= 4 is 44.9 Å². The monoisotopic (exact) mass is 507 g/mol. The number of thioether (sulfide) groups is 1. The molecule has 5 rings (SSSR count). The second kappa shape index (κ2) is 10.1. The van der Waals surface area contributed by atoms with E-state index in [1.54, 1.807) is 42.3 Å². The van der Waals surface area contributed by atoms with Crippen molar-refractivity contribution < 1.29 is 14.3 Å². The number of hydrogen-bond donors (Lipinski definition) is 1. The number of hydrogen-bond acceptors (Lipinski definition) is 7. The molecule has 0 bridgehead atoms. The number of methoxy groups -OCH3 is 2. The summed E-state index contributed by atoms with van der Waals surface area (Å²) < 4.78 is 12.1. The minimum absolute atomic E-state index is 0.0877. The highest BCUT2D eigenvalue weighted by Crippen LogP contribution is 2.35. The van der Waals surface area contributed by atoms with Crippen LogP contribution in [0, 0.1) is 0 Å². The van der Waals surface area contributed by atoms with Gasteiger partial charge in [-0.1, -0.05) is 17.8 Å². The second-order valence-electron chi connectivity index (χ2n) is 8.19. The number of rotatable bonds is 7. The summed E-state index contributed by atoms with van der Waals surface area (Å²) in [5.74, 6) is 1.29. The number of carbonyl (C=O) groups excluding carboxylic acids is 1. The number of anilines is 1. The third-order valence-corrected chi connectivity index (χ3v) is 8.10. The Morgan fingerprint density at radius 2 is 1.86 bits per heavy atom. The lowest BCUT2D eigenvalue weighted by Gasteiger charge is -2.14. The first-order chi connectivity index (χ1) is 17.1. The highest BCUT2D eigenvalue weighted by Gasteiger charge is 2.23. The van der Waals surface area contributed by atoms with Crippen molar-refractivity contribution in [1.29, 1.82) is 0 Å². The number of carbonyl (C=O) groups is 1. The van der Waals surface area contributed by atoms with Gasteiger partial charge in [-0.2, -0.15) is 0 Å². The third kappa shape index (κ3) is 4.78. The molecule has 35 heavy (non-hydrogen) atoms. The van der Waals surface area contributed by atoms with Crippen molar-refractivity contribution in [2.75, 3.05) is 25.3 Å². The average molecular weight is 508 g/mol. The minimum atomic E-state index is -0.190. The van der Waals surface area contributed by atoms with Crippen LogP contribution < -0.4 is 20.3 Å². The number of ether oxygens (including phenoxy) is 2. The van der Waals surface area contributed by atoms with Crippen LogP contribution in [0.25, 0.3) is 15.9 Å². The smallest absolute Gasteiger partial charge is 0.267 e. The van der Waals surface area contributed by atoms with Gasteiger partial charge >= 0.3 is 0 Å². The fourth-order valence-corrected chi connectivity index (χ4v) is 6.39. The Morgan fingerprint density at radius 3 is 2.63 bits per heavy atom. The molecule has 4 aromatic rings. The van der Waals surface area contributed by atoms with Crippen molar-refractivity contribution in [2.24, 2.45) is 0 Å². The molecule has 0 unspecified atom stereocenters. The van der Waals surface area contributed by atoms with E-state index < -0.39 is 0 Å². The Bertz CT molecular complexity index is 1440. The number of amides is 1. The summed E-state index contributed by atoms with van der Waals surface area (Å²) in [7, 11) is 3.19. The van der Waals surface area contributed by atoms with Gasteiger partial charge < -0.3 is 14.8 Å². The number of aryl methyl sites for hydroxylation is 2. The van der Waals surface area contributed by atoms with Crippen LogP contribution in [0.3, 0.4) is 0 Å². The molecule has 0 saturated carbocycles. The van der Waals surface area contributed by atoms with Crippen LogP contribution in [0.2, 0.25) is 0 Å². The molecule has 7 nitrogen and oxygen atoms in total. The van der Waals surface area contributed by atoms with Gasteiger partial charge in [0.25, 0.3) is 5.56 Å². The SMILES string of the molecule is COc1ccc(-n2c(SCC(=O)Nc3cccc(OC)c3)nc3sc4c(c3c2=O)CCCC4)cc1. The molecule has 0 aliphatic heterocycles. The van der Waals surface area contributed by atoms with Gasteiger partial charge in [-0.3, -0.25) is 14.2 Å². The minimum Gasteiger partial charge on any atom is -0.497 e. The molecular weight excluding hydrogens is 482 g/mol. The number of thiophene rings is 1. The van der Waals surface area contributed by atoms with Gasteiger partial charge in [0.15, 0.2) is 5.16 Å². The molecule has 2 aromatic carbocycles. The Balaban J connectivity index is 1.50. The van der Waals surface area contributed by atoms with Gasteiger partial charge in [0.05, 0.1) is 31.0 Å². The van der Waals surface area contributed by atoms with Crippen LogP contribution in [0.4, 0.5) is 5.69 Å². The molecule has 0 spiro atoms. The first kappa shape index (κ1) is 23.4. The maximum Gasteiger partial charge on any atom is 0.267 e. The summed E-state index contributed by atoms with van der Waals surface area (Å²) >= 11 is 2.85. The van der Waals surface area contributed by atoms with Crippen LogP contribution in [0.1, 0.15) is 23.3 Å². The van der Waals surface area contributed by atoms with E-state index in [-0.39, 0.29) is 17.2 Å². The summed E-state index contributed by atoms with van der Waals surface area (Å²) in [5.41, 5.74) is 2.40. The summed E-state index contributed by atoms with van der Waals surface area (Å²) in [6.07, 6.45) is 4.12. The van der Waals surface area contributed by atoms with Gasteiger partial charge in [0, 0.05) is 16.6 Å². The lowest BCUT2D eigenvalue weighted by Crippen LogP contribution is -2.23. The van der Waals surface area contributed by atoms with Crippen molar-refractivity contribution in [3.63, 3.8) is 0 Å². The predicted molar refractivity (Wildman–Crippen MR) is 141 cm³/mol. The molecule has 1 amide bonds. The van der Waals surface area contributed by atoms with Crippen molar-refractivity contribution in [1.82, 2.24) is 9.55 Å². The van der Waals surface area contributed by atoms with E-state index in [9.17, 15) is 9.59 Å². The normalized spacial score (nSPS) is 12.9. The van der Waals surface area contributed by atoms with E-state index in [0.29, 0.717) is 33.4 Å². The average Bonchev–Trinajstić information content (AvgIpc) is 3.26. The molecule has 9 heteroatoms. The second-order valence-corrected chi connectivity index (χ2v) is 10.2. The number of fused-ring (bicyclic) bond motifs is 3. The number of nitrogens with zero attached hydrogens (tertiary/aromatic N) is 2. The van der Waals surface area contributed by atoms with Crippen molar-refractivity contribution in [3.8, 4) is 17.2 Å². The number of nitrogens with one attached hydrogen (secondary N) is 1. The quantitative estimate of drug-likeness (QED) is 0.278. The van der Waals surface area contributed by atoms with Crippen molar-refractivity contribution in [2.45, 2.75) is 30.8 Å². The number of benzene rings is 2. The molecule has 1 N–H and O–H groups in total. The molecular formula is C26H25N3O4S2. The molecule has 0 fully saturated rings. The number of aromatic nitrogens is 2. The van der Waals surface area contributed by atoms with E-state index in [4.69, 9.17) is 14.5 Å². The van der Waals surface area contributed by atoms with Gasteiger partial charge in [-0.05, 0) is 67.6 Å². The Kier molecular flexibility index (Phi) is 6.79. The Labute approximate surface area is 211 Å².